The fraction of sp³-hybridized carbons (Fsp3) is 0.154. The van der Waals surface area contributed by atoms with Crippen LogP contribution in [0.5, 0.6) is 0 Å². The summed E-state index contributed by atoms with van der Waals surface area (Å²) in [6.45, 7) is 0.339. The lowest BCUT2D eigenvalue weighted by molar-refractivity contribution is 0.0999. The quantitative estimate of drug-likeness (QED) is 0.696. The second kappa shape index (κ2) is 5.37. The van der Waals surface area contributed by atoms with Crippen molar-refractivity contribution in [3.05, 3.63) is 51.9 Å². The van der Waals surface area contributed by atoms with E-state index in [1.807, 2.05) is 0 Å². The van der Waals surface area contributed by atoms with E-state index in [-0.39, 0.29) is 11.5 Å². The number of nitrogen functional groups attached to an aromatic ring is 1. The van der Waals surface area contributed by atoms with E-state index in [0.717, 1.165) is 0 Å². The summed E-state index contributed by atoms with van der Waals surface area (Å²) in [5.74, 6) is 0.672. The first-order chi connectivity index (χ1) is 8.63. The molecule has 2 N–H and O–H groups in total. The zero-order valence-electron chi connectivity index (χ0n) is 9.77. The van der Waals surface area contributed by atoms with Crippen molar-refractivity contribution in [2.45, 2.75) is 6.61 Å². The summed E-state index contributed by atoms with van der Waals surface area (Å²) in [6, 6.07) is 8.50. The molecule has 4 nitrogen and oxygen atoms in total. The van der Waals surface area contributed by atoms with Crippen LogP contribution in [-0.4, -0.2) is 12.9 Å². The standard InChI is InChI=1S/C13H12BrNO3/c1-17-7-8-5-6-11(18-8)13(16)9-3-2-4-10(15)12(9)14/h2-6H,7,15H2,1H3. The lowest BCUT2D eigenvalue weighted by Gasteiger charge is -2.04. The van der Waals surface area contributed by atoms with E-state index in [4.69, 9.17) is 14.9 Å². The van der Waals surface area contributed by atoms with E-state index in [1.54, 1.807) is 37.4 Å². The molecule has 0 aliphatic carbocycles. The SMILES string of the molecule is COCc1ccc(C(=O)c2cccc(N)c2Br)o1. The van der Waals surface area contributed by atoms with Gasteiger partial charge >= 0.3 is 0 Å². The molecule has 1 aromatic heterocycles. The number of nitrogens with two attached hydrogens (primary N) is 1. The molecule has 0 saturated carbocycles. The maximum absolute atomic E-state index is 12.2. The molecule has 2 rings (SSSR count). The van der Waals surface area contributed by atoms with Gasteiger partial charge in [-0.25, -0.2) is 0 Å². The predicted octanol–water partition coefficient (Wildman–Crippen LogP) is 3.00. The maximum Gasteiger partial charge on any atom is 0.229 e. The van der Waals surface area contributed by atoms with E-state index in [2.05, 4.69) is 15.9 Å². The van der Waals surface area contributed by atoms with Crippen LogP contribution in [0, 0.1) is 0 Å². The number of carbonyl (C=O) groups is 1. The van der Waals surface area contributed by atoms with Gasteiger partial charge in [0.15, 0.2) is 5.76 Å². The topological polar surface area (TPSA) is 65.5 Å². The highest BCUT2D eigenvalue weighted by Crippen LogP contribution is 2.26. The molecular formula is C13H12BrNO3. The molecule has 0 unspecified atom stereocenters. The molecule has 0 aliphatic rings. The number of ketones is 1. The van der Waals surface area contributed by atoms with E-state index < -0.39 is 0 Å². The summed E-state index contributed by atoms with van der Waals surface area (Å²) in [4.78, 5) is 12.2. The number of anilines is 1. The smallest absolute Gasteiger partial charge is 0.229 e. The van der Waals surface area contributed by atoms with Crippen LogP contribution in [0.2, 0.25) is 0 Å². The van der Waals surface area contributed by atoms with E-state index in [1.165, 1.54) is 0 Å². The number of methoxy groups -OCH3 is 1. The van der Waals surface area contributed by atoms with Gasteiger partial charge in [-0.15, -0.1) is 0 Å². The Bertz CT molecular complexity index is 577. The molecule has 1 aromatic carbocycles. The molecule has 0 radical (unpaired) electrons. The minimum absolute atomic E-state index is 0.212. The molecule has 94 valence electrons. The Morgan fingerprint density at radius 2 is 2.17 bits per heavy atom. The molecule has 0 spiro atoms. The summed E-state index contributed by atoms with van der Waals surface area (Å²) in [7, 11) is 1.57. The number of hydrogen-bond acceptors (Lipinski definition) is 4. The van der Waals surface area contributed by atoms with Crippen molar-refractivity contribution in [1.82, 2.24) is 0 Å². The Labute approximate surface area is 113 Å². The second-order valence-electron chi connectivity index (χ2n) is 3.74. The Morgan fingerprint density at radius 3 is 2.89 bits per heavy atom. The van der Waals surface area contributed by atoms with Gasteiger partial charge in [0.25, 0.3) is 0 Å². The lowest BCUT2D eigenvalue weighted by atomic mass is 10.1. The summed E-state index contributed by atoms with van der Waals surface area (Å²) in [5, 5.41) is 0. The Kier molecular flexibility index (Phi) is 3.84. The molecule has 18 heavy (non-hydrogen) atoms. The summed E-state index contributed by atoms with van der Waals surface area (Å²) < 4.78 is 10.9. The van der Waals surface area contributed by atoms with Gasteiger partial charge in [0.2, 0.25) is 5.78 Å². The molecule has 0 amide bonds. The van der Waals surface area contributed by atoms with Crippen LogP contribution < -0.4 is 5.73 Å². The second-order valence-corrected chi connectivity index (χ2v) is 4.53. The van der Waals surface area contributed by atoms with Crippen LogP contribution in [0.3, 0.4) is 0 Å². The Morgan fingerprint density at radius 1 is 1.39 bits per heavy atom. The van der Waals surface area contributed by atoms with Crippen molar-refractivity contribution in [2.75, 3.05) is 12.8 Å². The van der Waals surface area contributed by atoms with Crippen LogP contribution in [0.4, 0.5) is 5.69 Å². The van der Waals surface area contributed by atoms with Gasteiger partial charge in [-0.05, 0) is 40.2 Å². The number of benzene rings is 1. The van der Waals surface area contributed by atoms with Gasteiger partial charge in [0, 0.05) is 18.4 Å². The minimum atomic E-state index is -0.212. The highest BCUT2D eigenvalue weighted by atomic mass is 79.9. The van der Waals surface area contributed by atoms with Crippen molar-refractivity contribution in [2.24, 2.45) is 0 Å². The first-order valence-electron chi connectivity index (χ1n) is 5.30. The third-order valence-electron chi connectivity index (χ3n) is 2.45. The first-order valence-corrected chi connectivity index (χ1v) is 6.09. The van der Waals surface area contributed by atoms with Gasteiger partial charge in [-0.1, -0.05) is 6.07 Å². The summed E-state index contributed by atoms with van der Waals surface area (Å²) in [6.07, 6.45) is 0. The monoisotopic (exact) mass is 309 g/mol. The van der Waals surface area contributed by atoms with Crippen LogP contribution in [0.15, 0.2) is 39.2 Å². The van der Waals surface area contributed by atoms with Crippen molar-refractivity contribution in [1.29, 1.82) is 0 Å². The fourth-order valence-corrected chi connectivity index (χ4v) is 2.02. The zero-order valence-corrected chi connectivity index (χ0v) is 11.4. The zero-order chi connectivity index (χ0) is 13.1. The fourth-order valence-electron chi connectivity index (χ4n) is 1.58. The third kappa shape index (κ3) is 2.47. The van der Waals surface area contributed by atoms with E-state index in [9.17, 15) is 4.79 Å². The van der Waals surface area contributed by atoms with Gasteiger partial charge in [-0.3, -0.25) is 4.79 Å². The number of rotatable bonds is 4. The van der Waals surface area contributed by atoms with Crippen LogP contribution in [-0.2, 0) is 11.3 Å². The van der Waals surface area contributed by atoms with Gasteiger partial charge in [0.1, 0.15) is 12.4 Å². The molecule has 0 saturated heterocycles. The van der Waals surface area contributed by atoms with Gasteiger partial charge in [0.05, 0.1) is 4.47 Å². The highest BCUT2D eigenvalue weighted by Gasteiger charge is 2.17. The third-order valence-corrected chi connectivity index (χ3v) is 3.33. The average molecular weight is 310 g/mol. The average Bonchev–Trinajstić information content (AvgIpc) is 2.81. The van der Waals surface area contributed by atoms with Crippen LogP contribution in [0.1, 0.15) is 21.9 Å². The normalized spacial score (nSPS) is 10.6. The van der Waals surface area contributed by atoms with Crippen molar-refractivity contribution in [3.63, 3.8) is 0 Å². The Balaban J connectivity index is 2.32. The summed E-state index contributed by atoms with van der Waals surface area (Å²) >= 11 is 3.30. The minimum Gasteiger partial charge on any atom is -0.455 e. The number of halogens is 1. The molecule has 2 aromatic rings. The van der Waals surface area contributed by atoms with Crippen LogP contribution >= 0.6 is 15.9 Å². The molecule has 5 heteroatoms. The van der Waals surface area contributed by atoms with Crippen molar-refractivity contribution < 1.29 is 13.9 Å². The largest absolute Gasteiger partial charge is 0.455 e. The van der Waals surface area contributed by atoms with Crippen molar-refractivity contribution in [3.8, 4) is 0 Å². The molecule has 0 bridgehead atoms. The lowest BCUT2D eigenvalue weighted by Crippen LogP contribution is -2.02. The molecular weight excluding hydrogens is 298 g/mol. The number of ether oxygens (including phenoxy) is 1. The van der Waals surface area contributed by atoms with E-state index >= 15 is 0 Å². The van der Waals surface area contributed by atoms with E-state index in [0.29, 0.717) is 28.1 Å². The first kappa shape index (κ1) is 12.9. The maximum atomic E-state index is 12.2. The summed E-state index contributed by atoms with van der Waals surface area (Å²) in [5.41, 5.74) is 6.74. The molecule has 0 atom stereocenters. The molecule has 0 aliphatic heterocycles. The van der Waals surface area contributed by atoms with Crippen molar-refractivity contribution >= 4 is 27.4 Å². The van der Waals surface area contributed by atoms with Crippen LogP contribution in [0.25, 0.3) is 0 Å². The highest BCUT2D eigenvalue weighted by molar-refractivity contribution is 9.10. The molecule has 0 fully saturated rings. The molecule has 1 heterocycles. The van der Waals surface area contributed by atoms with Gasteiger partial charge in [-0.2, -0.15) is 0 Å². The van der Waals surface area contributed by atoms with Gasteiger partial charge < -0.3 is 14.9 Å². The number of furan rings is 1. The number of hydrogen-bond donors (Lipinski definition) is 1. The number of carbonyl (C=O) groups excluding carboxylic acids is 1. The Hall–Kier alpha value is -1.59. The predicted molar refractivity (Wildman–Crippen MR) is 71.4 cm³/mol.